The highest BCUT2D eigenvalue weighted by atomic mass is 31.1. The Labute approximate surface area is 124 Å². The van der Waals surface area contributed by atoms with Crippen molar-refractivity contribution in [1.82, 2.24) is 0 Å². The van der Waals surface area contributed by atoms with Crippen molar-refractivity contribution in [2.45, 2.75) is 53.4 Å². The molecule has 0 amide bonds. The fraction of sp³-hybridized carbons (Fsp3) is 0.625. The van der Waals surface area contributed by atoms with E-state index >= 15 is 0 Å². The Bertz CT molecular complexity index is 377. The minimum absolute atomic E-state index is 0.0809. The monoisotopic (exact) mass is 299 g/mol. The van der Waals surface area contributed by atoms with Crippen LogP contribution in [0.2, 0.25) is 0 Å². The van der Waals surface area contributed by atoms with E-state index in [4.69, 9.17) is 9.63 Å². The first kappa shape index (κ1) is 19.2. The summed E-state index contributed by atoms with van der Waals surface area (Å²) in [6, 6.07) is 0. The maximum absolute atomic E-state index is 10.4. The predicted molar refractivity (Wildman–Crippen MR) is 86.1 cm³/mol. The van der Waals surface area contributed by atoms with E-state index in [0.717, 1.165) is 25.7 Å². The van der Waals surface area contributed by atoms with E-state index in [1.807, 2.05) is 6.08 Å². The van der Waals surface area contributed by atoms with E-state index in [1.54, 1.807) is 0 Å². The van der Waals surface area contributed by atoms with Crippen LogP contribution in [0.15, 0.2) is 34.9 Å². The van der Waals surface area contributed by atoms with Gasteiger partial charge in [-0.3, -0.25) is 0 Å². The average Bonchev–Trinajstić information content (AvgIpc) is 2.34. The molecule has 0 spiro atoms. The molecule has 0 saturated heterocycles. The molecule has 0 aromatic rings. The van der Waals surface area contributed by atoms with Gasteiger partial charge in [-0.2, -0.15) is 4.89 Å². The lowest BCUT2D eigenvalue weighted by Crippen LogP contribution is -1.91. The zero-order valence-corrected chi connectivity index (χ0v) is 14.1. The minimum atomic E-state index is -2.18. The van der Waals surface area contributed by atoms with Crippen molar-refractivity contribution in [3.05, 3.63) is 34.9 Å². The second-order valence-corrected chi connectivity index (χ2v) is 6.27. The van der Waals surface area contributed by atoms with Gasteiger partial charge < -0.3 is 4.74 Å². The molecule has 3 nitrogen and oxygen atoms in total. The van der Waals surface area contributed by atoms with Crippen LogP contribution in [-0.4, -0.2) is 17.8 Å². The molecule has 0 aliphatic heterocycles. The molecule has 0 radical (unpaired) electrons. The van der Waals surface area contributed by atoms with Gasteiger partial charge >= 0.3 is 8.03 Å². The second-order valence-electron chi connectivity index (χ2n) is 5.31. The van der Waals surface area contributed by atoms with Gasteiger partial charge in [0.05, 0.1) is 6.61 Å². The van der Waals surface area contributed by atoms with Gasteiger partial charge in [0, 0.05) is 0 Å². The Balaban J connectivity index is 3.82. The lowest BCUT2D eigenvalue weighted by atomic mass is 10.1. The third kappa shape index (κ3) is 13.7. The van der Waals surface area contributed by atoms with Crippen LogP contribution >= 0.6 is 8.03 Å². The topological polar surface area (TPSA) is 46.5 Å². The molecule has 0 aliphatic carbocycles. The van der Waals surface area contributed by atoms with Crippen molar-refractivity contribution in [3.8, 4) is 0 Å². The summed E-state index contributed by atoms with van der Waals surface area (Å²) in [5, 5.41) is 0. The molecule has 1 unspecified atom stereocenters. The van der Waals surface area contributed by atoms with Crippen LogP contribution in [0, 0.1) is 0 Å². The Morgan fingerprint density at radius 3 is 2.10 bits per heavy atom. The van der Waals surface area contributed by atoms with Gasteiger partial charge in [-0.25, -0.2) is 0 Å². The van der Waals surface area contributed by atoms with Crippen LogP contribution in [0.3, 0.4) is 0 Å². The van der Waals surface area contributed by atoms with Gasteiger partial charge in [0.1, 0.15) is 0 Å². The van der Waals surface area contributed by atoms with Crippen LogP contribution < -0.4 is 0 Å². The Kier molecular flexibility index (Phi) is 11.6. The van der Waals surface area contributed by atoms with Crippen molar-refractivity contribution in [2.24, 2.45) is 0 Å². The zero-order chi connectivity index (χ0) is 15.4. The summed E-state index contributed by atoms with van der Waals surface area (Å²) in [7, 11) is -2.18. The van der Waals surface area contributed by atoms with E-state index < -0.39 is 8.03 Å². The molecule has 1 N–H and O–H groups in total. The summed E-state index contributed by atoms with van der Waals surface area (Å²) in [5.74, 6) is 0. The molecule has 0 aromatic heterocycles. The predicted octanol–water partition coefficient (Wildman–Crippen LogP) is 5.11. The fourth-order valence-corrected chi connectivity index (χ4v) is 1.93. The molecular weight excluding hydrogens is 271 g/mol. The third-order valence-electron chi connectivity index (χ3n) is 2.87. The summed E-state index contributed by atoms with van der Waals surface area (Å²) in [4.78, 5) is 8.58. The summed E-state index contributed by atoms with van der Waals surface area (Å²) in [6.45, 7) is 8.91. The van der Waals surface area contributed by atoms with E-state index in [1.165, 1.54) is 16.7 Å². The van der Waals surface area contributed by atoms with Gasteiger partial charge in [-0.1, -0.05) is 34.9 Å². The van der Waals surface area contributed by atoms with Crippen LogP contribution in [0.5, 0.6) is 0 Å². The molecule has 0 aromatic carbocycles. The largest absolute Gasteiger partial charge is 0.534 e. The number of hydrogen-bond acceptors (Lipinski definition) is 2. The molecule has 20 heavy (non-hydrogen) atoms. The van der Waals surface area contributed by atoms with Gasteiger partial charge in [-0.15, -0.1) is 0 Å². The van der Waals surface area contributed by atoms with E-state index in [0.29, 0.717) is 6.61 Å². The Morgan fingerprint density at radius 2 is 1.55 bits per heavy atom. The van der Waals surface area contributed by atoms with Crippen molar-refractivity contribution >= 4 is 8.03 Å². The zero-order valence-electron chi connectivity index (χ0n) is 13.2. The molecule has 0 saturated carbocycles. The molecule has 1 atom stereocenters. The van der Waals surface area contributed by atoms with Crippen LogP contribution in [0.25, 0.3) is 0 Å². The summed E-state index contributed by atoms with van der Waals surface area (Å²) < 4.78 is 15.4. The SMILES string of the molecule is CC(C)=CCCC(C)=CCCC(C)=CCOC[P+](=O)O. The smallest absolute Gasteiger partial charge is 0.331 e. The molecule has 0 fully saturated rings. The average molecular weight is 299 g/mol. The minimum Gasteiger partial charge on any atom is -0.331 e. The molecule has 0 rings (SSSR count). The highest BCUT2D eigenvalue weighted by Crippen LogP contribution is 2.13. The highest BCUT2D eigenvalue weighted by molar-refractivity contribution is 7.37. The standard InChI is InChI=1S/C16H27O3P/c1-14(2)7-5-8-15(3)9-6-10-16(4)11-12-19-13-20(17)18/h7,9,11H,5-6,8,10,12-13H2,1-4H3/p+1. The van der Waals surface area contributed by atoms with Gasteiger partial charge in [0.15, 0.2) is 0 Å². The second kappa shape index (κ2) is 12.0. The molecule has 0 bridgehead atoms. The third-order valence-corrected chi connectivity index (χ3v) is 3.28. The molecular formula is C16H28O3P+. The number of allylic oxidation sites excluding steroid dienone is 5. The normalized spacial score (nSPS) is 13.3. The van der Waals surface area contributed by atoms with Crippen molar-refractivity contribution in [3.63, 3.8) is 0 Å². The summed E-state index contributed by atoms with van der Waals surface area (Å²) >= 11 is 0. The van der Waals surface area contributed by atoms with Crippen LogP contribution in [0.4, 0.5) is 0 Å². The fourth-order valence-electron chi connectivity index (χ4n) is 1.67. The number of hydrogen-bond donors (Lipinski definition) is 1. The maximum Gasteiger partial charge on any atom is 0.534 e. The van der Waals surface area contributed by atoms with Crippen molar-refractivity contribution in [1.29, 1.82) is 0 Å². The number of ether oxygens (including phenoxy) is 1. The molecule has 4 heteroatoms. The molecule has 114 valence electrons. The van der Waals surface area contributed by atoms with E-state index in [9.17, 15) is 4.57 Å². The Hall–Kier alpha value is -0.760. The first-order valence-electron chi connectivity index (χ1n) is 7.07. The van der Waals surface area contributed by atoms with E-state index in [2.05, 4.69) is 39.8 Å². The quantitative estimate of drug-likeness (QED) is 0.346. The van der Waals surface area contributed by atoms with Crippen molar-refractivity contribution < 1.29 is 14.2 Å². The highest BCUT2D eigenvalue weighted by Gasteiger charge is 2.07. The number of rotatable bonds is 10. The van der Waals surface area contributed by atoms with Gasteiger partial charge in [0.2, 0.25) is 0 Å². The lowest BCUT2D eigenvalue weighted by molar-refractivity contribution is 0.203. The van der Waals surface area contributed by atoms with Crippen molar-refractivity contribution in [2.75, 3.05) is 13.0 Å². The first-order valence-corrected chi connectivity index (χ1v) is 8.47. The first-order chi connectivity index (χ1) is 9.41. The summed E-state index contributed by atoms with van der Waals surface area (Å²) in [6.07, 6.45) is 10.8. The van der Waals surface area contributed by atoms with Crippen LogP contribution in [-0.2, 0) is 9.30 Å². The summed E-state index contributed by atoms with van der Waals surface area (Å²) in [5.41, 5.74) is 4.07. The maximum atomic E-state index is 10.4. The van der Waals surface area contributed by atoms with Gasteiger partial charge in [-0.05, 0) is 57.9 Å². The molecule has 0 heterocycles. The lowest BCUT2D eigenvalue weighted by Gasteiger charge is -2.01. The Morgan fingerprint density at radius 1 is 1.00 bits per heavy atom. The van der Waals surface area contributed by atoms with Gasteiger partial charge in [0.25, 0.3) is 6.35 Å². The van der Waals surface area contributed by atoms with E-state index in [-0.39, 0.29) is 6.35 Å². The van der Waals surface area contributed by atoms with Crippen LogP contribution in [0.1, 0.15) is 53.4 Å². The molecule has 0 aliphatic rings.